The molecule has 134 valence electrons. The van der Waals surface area contributed by atoms with Crippen LogP contribution >= 0.6 is 11.6 Å². The number of methoxy groups -OCH3 is 1. The lowest BCUT2D eigenvalue weighted by atomic mass is 10.0. The molecular formula is C19H20ClN5O. The maximum absolute atomic E-state index is 6.06. The van der Waals surface area contributed by atoms with E-state index in [4.69, 9.17) is 16.3 Å². The molecule has 0 bridgehead atoms. The lowest BCUT2D eigenvalue weighted by molar-refractivity contribution is 0.417. The van der Waals surface area contributed by atoms with Gasteiger partial charge in [-0.25, -0.2) is 0 Å². The highest BCUT2D eigenvalue weighted by molar-refractivity contribution is 6.31. The van der Waals surface area contributed by atoms with Crippen molar-refractivity contribution in [3.63, 3.8) is 0 Å². The molecule has 26 heavy (non-hydrogen) atoms. The first-order valence-corrected chi connectivity index (χ1v) is 8.61. The van der Waals surface area contributed by atoms with Gasteiger partial charge in [0.25, 0.3) is 0 Å². The molecule has 0 aliphatic rings. The molecule has 2 aromatic carbocycles. The molecule has 0 fully saturated rings. The van der Waals surface area contributed by atoms with Gasteiger partial charge in [0.05, 0.1) is 19.0 Å². The van der Waals surface area contributed by atoms with Gasteiger partial charge in [-0.15, -0.1) is 5.10 Å². The summed E-state index contributed by atoms with van der Waals surface area (Å²) in [5.74, 6) is 1.97. The Bertz CT molecular complexity index is 901. The lowest BCUT2D eigenvalue weighted by Gasteiger charge is -2.14. The Morgan fingerprint density at radius 1 is 1.04 bits per heavy atom. The summed E-state index contributed by atoms with van der Waals surface area (Å²) >= 11 is 6.06. The normalized spacial score (nSPS) is 10.7. The van der Waals surface area contributed by atoms with E-state index in [-0.39, 0.29) is 0 Å². The molecule has 0 saturated heterocycles. The summed E-state index contributed by atoms with van der Waals surface area (Å²) in [4.78, 5) is 4.47. The van der Waals surface area contributed by atoms with Crippen molar-refractivity contribution in [2.75, 3.05) is 17.7 Å². The van der Waals surface area contributed by atoms with Crippen molar-refractivity contribution in [3.05, 3.63) is 59.2 Å². The fourth-order valence-corrected chi connectivity index (χ4v) is 2.74. The Hall–Kier alpha value is -2.86. The largest absolute Gasteiger partial charge is 0.495 e. The van der Waals surface area contributed by atoms with E-state index in [1.165, 1.54) is 5.56 Å². The molecule has 0 saturated carbocycles. The molecule has 6 nitrogen and oxygen atoms in total. The highest BCUT2D eigenvalue weighted by Gasteiger charge is 2.10. The van der Waals surface area contributed by atoms with E-state index in [1.807, 2.05) is 18.2 Å². The second-order valence-corrected chi connectivity index (χ2v) is 6.44. The number of para-hydroxylation sites is 1. The first kappa shape index (κ1) is 17.9. The van der Waals surface area contributed by atoms with Crippen molar-refractivity contribution in [3.8, 4) is 5.75 Å². The van der Waals surface area contributed by atoms with Crippen LogP contribution in [-0.2, 0) is 0 Å². The quantitative estimate of drug-likeness (QED) is 0.626. The maximum atomic E-state index is 6.06. The predicted molar refractivity (Wildman–Crippen MR) is 105 cm³/mol. The molecule has 1 heterocycles. The Morgan fingerprint density at radius 3 is 2.62 bits per heavy atom. The molecule has 3 aromatic rings. The van der Waals surface area contributed by atoms with Crippen molar-refractivity contribution in [2.45, 2.75) is 19.8 Å². The number of nitrogens with zero attached hydrogens (tertiary/aromatic N) is 3. The number of rotatable bonds is 6. The van der Waals surface area contributed by atoms with Crippen LogP contribution in [0.1, 0.15) is 25.3 Å². The second kappa shape index (κ2) is 8.01. The van der Waals surface area contributed by atoms with Crippen LogP contribution in [-0.4, -0.2) is 22.3 Å². The standard InChI is InChI=1S/C19H20ClN5O/c1-12(2)14-6-4-5-7-15(14)22-18-11-21-25-19(24-18)23-16-10-13(20)8-9-17(16)26-3/h4-12H,1-3H3,(H2,22,23,24,25). The van der Waals surface area contributed by atoms with Crippen LogP contribution < -0.4 is 15.4 Å². The third kappa shape index (κ3) is 4.21. The number of ether oxygens (including phenoxy) is 1. The first-order chi connectivity index (χ1) is 12.6. The summed E-state index contributed by atoms with van der Waals surface area (Å²) in [5, 5.41) is 15.0. The third-order valence-corrected chi connectivity index (χ3v) is 4.05. The minimum absolute atomic E-state index is 0.345. The lowest BCUT2D eigenvalue weighted by Crippen LogP contribution is -2.04. The first-order valence-electron chi connectivity index (χ1n) is 8.23. The summed E-state index contributed by atoms with van der Waals surface area (Å²) in [7, 11) is 1.59. The number of benzene rings is 2. The summed E-state index contributed by atoms with van der Waals surface area (Å²) < 4.78 is 5.33. The van der Waals surface area contributed by atoms with Crippen molar-refractivity contribution in [1.82, 2.24) is 15.2 Å². The molecule has 0 atom stereocenters. The molecule has 0 unspecified atom stereocenters. The van der Waals surface area contributed by atoms with E-state index >= 15 is 0 Å². The van der Waals surface area contributed by atoms with Crippen LogP contribution in [0.2, 0.25) is 5.02 Å². The molecule has 0 aliphatic heterocycles. The Balaban J connectivity index is 1.85. The number of nitrogens with one attached hydrogen (secondary N) is 2. The van der Waals surface area contributed by atoms with Crippen LogP contribution in [0.4, 0.5) is 23.1 Å². The molecule has 2 N–H and O–H groups in total. The fraction of sp³-hybridized carbons (Fsp3) is 0.211. The molecular weight excluding hydrogens is 350 g/mol. The zero-order chi connectivity index (χ0) is 18.5. The zero-order valence-corrected chi connectivity index (χ0v) is 15.6. The van der Waals surface area contributed by atoms with Gasteiger partial charge >= 0.3 is 0 Å². The molecule has 0 aliphatic carbocycles. The molecule has 3 rings (SSSR count). The molecule has 7 heteroatoms. The van der Waals surface area contributed by atoms with Crippen LogP contribution in [0.25, 0.3) is 0 Å². The minimum Gasteiger partial charge on any atom is -0.495 e. The van der Waals surface area contributed by atoms with Gasteiger partial charge in [-0.1, -0.05) is 43.6 Å². The SMILES string of the molecule is COc1ccc(Cl)cc1Nc1nncc(Nc2ccccc2C(C)C)n1. The van der Waals surface area contributed by atoms with Gasteiger partial charge in [0.15, 0.2) is 5.82 Å². The summed E-state index contributed by atoms with van der Waals surface area (Å²) in [6.07, 6.45) is 1.58. The Labute approximate surface area is 157 Å². The van der Waals surface area contributed by atoms with Gasteiger partial charge in [0, 0.05) is 10.7 Å². The van der Waals surface area contributed by atoms with Crippen LogP contribution in [0, 0.1) is 0 Å². The zero-order valence-electron chi connectivity index (χ0n) is 14.8. The van der Waals surface area contributed by atoms with Crippen molar-refractivity contribution in [1.29, 1.82) is 0 Å². The van der Waals surface area contributed by atoms with Gasteiger partial charge in [0.1, 0.15) is 5.75 Å². The summed E-state index contributed by atoms with van der Waals surface area (Å²) in [6.45, 7) is 4.30. The second-order valence-electron chi connectivity index (χ2n) is 6.00. The Kier molecular flexibility index (Phi) is 5.53. The number of halogens is 1. The van der Waals surface area contributed by atoms with Gasteiger partial charge in [-0.3, -0.25) is 0 Å². The van der Waals surface area contributed by atoms with E-state index in [9.17, 15) is 0 Å². The third-order valence-electron chi connectivity index (χ3n) is 3.81. The number of hydrogen-bond donors (Lipinski definition) is 2. The highest BCUT2D eigenvalue weighted by atomic mass is 35.5. The van der Waals surface area contributed by atoms with E-state index in [0.717, 1.165) is 5.69 Å². The van der Waals surface area contributed by atoms with Crippen LogP contribution in [0.5, 0.6) is 5.75 Å². The van der Waals surface area contributed by atoms with Gasteiger partial charge < -0.3 is 15.4 Å². The van der Waals surface area contributed by atoms with Crippen molar-refractivity contribution < 1.29 is 4.74 Å². The minimum atomic E-state index is 0.345. The fourth-order valence-electron chi connectivity index (χ4n) is 2.57. The monoisotopic (exact) mass is 369 g/mol. The number of aromatic nitrogens is 3. The molecule has 1 aromatic heterocycles. The van der Waals surface area contributed by atoms with E-state index in [0.29, 0.717) is 34.1 Å². The van der Waals surface area contributed by atoms with Crippen LogP contribution in [0.15, 0.2) is 48.7 Å². The van der Waals surface area contributed by atoms with Gasteiger partial charge in [0.2, 0.25) is 5.95 Å². The maximum Gasteiger partial charge on any atom is 0.249 e. The topological polar surface area (TPSA) is 72.0 Å². The van der Waals surface area contributed by atoms with Crippen molar-refractivity contribution in [2.24, 2.45) is 0 Å². The highest BCUT2D eigenvalue weighted by Crippen LogP contribution is 2.30. The van der Waals surface area contributed by atoms with Crippen LogP contribution in [0.3, 0.4) is 0 Å². The smallest absolute Gasteiger partial charge is 0.249 e. The Morgan fingerprint density at radius 2 is 1.85 bits per heavy atom. The van der Waals surface area contributed by atoms with Crippen molar-refractivity contribution >= 4 is 34.7 Å². The average molecular weight is 370 g/mol. The van der Waals surface area contributed by atoms with Gasteiger partial charge in [-0.05, 0) is 35.7 Å². The molecule has 0 radical (unpaired) electrons. The molecule has 0 spiro atoms. The van der Waals surface area contributed by atoms with E-state index in [1.54, 1.807) is 31.5 Å². The molecule has 0 amide bonds. The van der Waals surface area contributed by atoms with Gasteiger partial charge in [-0.2, -0.15) is 10.1 Å². The van der Waals surface area contributed by atoms with E-state index < -0.39 is 0 Å². The van der Waals surface area contributed by atoms with E-state index in [2.05, 4.69) is 45.7 Å². The summed E-state index contributed by atoms with van der Waals surface area (Å²) in [5.41, 5.74) is 2.87. The summed E-state index contributed by atoms with van der Waals surface area (Å²) in [6, 6.07) is 13.4. The average Bonchev–Trinajstić information content (AvgIpc) is 2.62. The predicted octanol–water partition coefficient (Wildman–Crippen LogP) is 5.14. The number of anilines is 4. The number of hydrogen-bond acceptors (Lipinski definition) is 6.